The van der Waals surface area contributed by atoms with Crippen LogP contribution in [0.3, 0.4) is 0 Å². The SMILES string of the molecule is COc1ccc(C(=O)NCC(=O)O[C@@H](C)C(=O)NC23CC4CC(CC(C4)C2)C3)cc1. The molecule has 4 aliphatic carbocycles. The van der Waals surface area contributed by atoms with Gasteiger partial charge in [0, 0.05) is 11.1 Å². The maximum atomic E-state index is 12.7. The summed E-state index contributed by atoms with van der Waals surface area (Å²) < 4.78 is 10.3. The third-order valence-electron chi connectivity index (χ3n) is 6.85. The van der Waals surface area contributed by atoms with Gasteiger partial charge in [0.2, 0.25) is 0 Å². The van der Waals surface area contributed by atoms with Crippen LogP contribution in [0.25, 0.3) is 0 Å². The molecule has 2 N–H and O–H groups in total. The van der Waals surface area contributed by atoms with E-state index in [1.54, 1.807) is 38.3 Å². The summed E-state index contributed by atoms with van der Waals surface area (Å²) in [6.07, 6.45) is 6.15. The predicted octanol–water partition coefficient (Wildman–Crippen LogP) is 2.44. The van der Waals surface area contributed by atoms with Gasteiger partial charge in [-0.15, -0.1) is 0 Å². The quantitative estimate of drug-likeness (QED) is 0.669. The van der Waals surface area contributed by atoms with Crippen LogP contribution in [0, 0.1) is 17.8 Å². The van der Waals surface area contributed by atoms with E-state index in [2.05, 4.69) is 10.6 Å². The molecule has 30 heavy (non-hydrogen) atoms. The van der Waals surface area contributed by atoms with Gasteiger partial charge in [-0.25, -0.2) is 0 Å². The van der Waals surface area contributed by atoms with Crippen molar-refractivity contribution >= 4 is 17.8 Å². The van der Waals surface area contributed by atoms with Crippen molar-refractivity contribution < 1.29 is 23.9 Å². The Bertz CT molecular complexity index is 784. The number of carbonyl (C=O) groups is 3. The molecule has 2 amide bonds. The number of carbonyl (C=O) groups excluding carboxylic acids is 3. The van der Waals surface area contributed by atoms with Crippen LogP contribution in [0.1, 0.15) is 55.8 Å². The first kappa shape index (κ1) is 20.7. The fourth-order valence-corrected chi connectivity index (χ4v) is 5.92. The first-order valence-corrected chi connectivity index (χ1v) is 10.8. The third-order valence-corrected chi connectivity index (χ3v) is 6.85. The average molecular weight is 415 g/mol. The minimum Gasteiger partial charge on any atom is -0.497 e. The van der Waals surface area contributed by atoms with Crippen LogP contribution in [-0.2, 0) is 14.3 Å². The van der Waals surface area contributed by atoms with Gasteiger partial charge in [-0.2, -0.15) is 0 Å². The Kier molecular flexibility index (Phi) is 5.71. The van der Waals surface area contributed by atoms with E-state index >= 15 is 0 Å². The molecule has 1 atom stereocenters. The van der Waals surface area contributed by atoms with Gasteiger partial charge in [0.1, 0.15) is 12.3 Å². The molecule has 4 bridgehead atoms. The summed E-state index contributed by atoms with van der Waals surface area (Å²) >= 11 is 0. The van der Waals surface area contributed by atoms with Gasteiger partial charge in [-0.1, -0.05) is 0 Å². The van der Waals surface area contributed by atoms with Crippen LogP contribution in [0.2, 0.25) is 0 Å². The van der Waals surface area contributed by atoms with Gasteiger partial charge < -0.3 is 20.1 Å². The smallest absolute Gasteiger partial charge is 0.326 e. The van der Waals surface area contributed by atoms with Gasteiger partial charge >= 0.3 is 5.97 Å². The molecule has 7 nitrogen and oxygen atoms in total. The van der Waals surface area contributed by atoms with Crippen molar-refractivity contribution in [2.45, 2.75) is 57.1 Å². The van der Waals surface area contributed by atoms with E-state index in [0.717, 1.165) is 37.0 Å². The zero-order valence-corrected chi connectivity index (χ0v) is 17.6. The lowest BCUT2D eigenvalue weighted by Gasteiger charge is -2.57. The van der Waals surface area contributed by atoms with E-state index in [1.807, 2.05) is 0 Å². The molecular formula is C23H30N2O5. The van der Waals surface area contributed by atoms with Gasteiger partial charge in [0.05, 0.1) is 7.11 Å². The molecule has 4 fully saturated rings. The number of rotatable bonds is 7. The number of hydrogen-bond acceptors (Lipinski definition) is 5. The number of ether oxygens (including phenoxy) is 2. The minimum absolute atomic E-state index is 0.116. The number of amides is 2. The van der Waals surface area contributed by atoms with E-state index in [9.17, 15) is 14.4 Å². The number of nitrogens with one attached hydrogen (secondary N) is 2. The highest BCUT2D eigenvalue weighted by Gasteiger charge is 2.51. The van der Waals surface area contributed by atoms with E-state index < -0.39 is 12.1 Å². The molecule has 0 unspecified atom stereocenters. The summed E-state index contributed by atoms with van der Waals surface area (Å²) in [6, 6.07) is 6.57. The van der Waals surface area contributed by atoms with Crippen molar-refractivity contribution in [1.29, 1.82) is 0 Å². The molecule has 0 heterocycles. The summed E-state index contributed by atoms with van der Waals surface area (Å²) in [6.45, 7) is 1.29. The number of methoxy groups -OCH3 is 1. The highest BCUT2D eigenvalue weighted by atomic mass is 16.5. The molecule has 0 radical (unpaired) electrons. The Labute approximate surface area is 176 Å². The zero-order chi connectivity index (χ0) is 21.3. The Morgan fingerprint density at radius 3 is 2.13 bits per heavy atom. The van der Waals surface area contributed by atoms with Gasteiger partial charge in [0.25, 0.3) is 11.8 Å². The monoisotopic (exact) mass is 414 g/mol. The zero-order valence-electron chi connectivity index (χ0n) is 17.6. The molecule has 0 aliphatic heterocycles. The Balaban J connectivity index is 1.24. The third kappa shape index (κ3) is 4.45. The van der Waals surface area contributed by atoms with Gasteiger partial charge in [-0.05, 0) is 87.5 Å². The van der Waals surface area contributed by atoms with Crippen molar-refractivity contribution in [3.63, 3.8) is 0 Å². The van der Waals surface area contributed by atoms with E-state index in [-0.39, 0.29) is 23.9 Å². The standard InChI is InChI=1S/C23H30N2O5/c1-14(21(27)25-23-10-15-7-16(11-23)9-17(8-15)12-23)30-20(26)13-24-22(28)18-3-5-19(29-2)6-4-18/h3-6,14-17H,7-13H2,1-2H3,(H,24,28)(H,25,27)/t14-,15?,16?,17?,23?/m0/s1. The molecule has 4 aliphatic rings. The van der Waals surface area contributed by atoms with Crippen molar-refractivity contribution in [3.05, 3.63) is 29.8 Å². The van der Waals surface area contributed by atoms with Crippen LogP contribution < -0.4 is 15.4 Å². The molecule has 0 spiro atoms. The highest BCUT2D eigenvalue weighted by Crippen LogP contribution is 2.55. The number of benzene rings is 1. The molecule has 0 saturated heterocycles. The summed E-state index contributed by atoms with van der Waals surface area (Å²) in [5.41, 5.74) is 0.297. The molecule has 1 aromatic rings. The fourth-order valence-electron chi connectivity index (χ4n) is 5.92. The lowest BCUT2D eigenvalue weighted by Crippen LogP contribution is -2.61. The molecule has 5 rings (SSSR count). The summed E-state index contributed by atoms with van der Waals surface area (Å²) in [5.74, 6) is 1.55. The lowest BCUT2D eigenvalue weighted by atomic mass is 9.53. The van der Waals surface area contributed by atoms with Crippen LogP contribution in [0.4, 0.5) is 0 Å². The van der Waals surface area contributed by atoms with Crippen molar-refractivity contribution in [1.82, 2.24) is 10.6 Å². The van der Waals surface area contributed by atoms with Gasteiger partial charge in [-0.3, -0.25) is 14.4 Å². The first-order chi connectivity index (χ1) is 14.4. The van der Waals surface area contributed by atoms with Crippen LogP contribution in [-0.4, -0.2) is 43.1 Å². The van der Waals surface area contributed by atoms with Crippen LogP contribution in [0.5, 0.6) is 5.75 Å². The molecule has 4 saturated carbocycles. The van der Waals surface area contributed by atoms with E-state index in [1.165, 1.54) is 19.3 Å². The number of hydrogen-bond donors (Lipinski definition) is 2. The maximum Gasteiger partial charge on any atom is 0.326 e. The lowest BCUT2D eigenvalue weighted by molar-refractivity contribution is -0.155. The van der Waals surface area contributed by atoms with Crippen molar-refractivity contribution in [2.75, 3.05) is 13.7 Å². The second-order valence-corrected chi connectivity index (χ2v) is 9.23. The largest absolute Gasteiger partial charge is 0.497 e. The van der Waals surface area contributed by atoms with E-state index in [4.69, 9.17) is 9.47 Å². The Hall–Kier alpha value is -2.57. The molecule has 162 valence electrons. The Morgan fingerprint density at radius 1 is 1.03 bits per heavy atom. The molecule has 7 heteroatoms. The second-order valence-electron chi connectivity index (χ2n) is 9.23. The van der Waals surface area contributed by atoms with Crippen LogP contribution in [0.15, 0.2) is 24.3 Å². The fraction of sp³-hybridized carbons (Fsp3) is 0.609. The highest BCUT2D eigenvalue weighted by molar-refractivity contribution is 5.96. The predicted molar refractivity (Wildman–Crippen MR) is 110 cm³/mol. The summed E-state index contributed by atoms with van der Waals surface area (Å²) in [5, 5.41) is 5.74. The molecule has 1 aromatic carbocycles. The topological polar surface area (TPSA) is 93.7 Å². The second kappa shape index (κ2) is 8.28. The van der Waals surface area contributed by atoms with E-state index in [0.29, 0.717) is 11.3 Å². The normalized spacial score (nSPS) is 29.7. The van der Waals surface area contributed by atoms with Crippen molar-refractivity contribution in [3.8, 4) is 5.75 Å². The van der Waals surface area contributed by atoms with Crippen LogP contribution >= 0.6 is 0 Å². The maximum absolute atomic E-state index is 12.7. The Morgan fingerprint density at radius 2 is 1.60 bits per heavy atom. The van der Waals surface area contributed by atoms with Crippen molar-refractivity contribution in [2.24, 2.45) is 17.8 Å². The molecule has 0 aromatic heterocycles. The number of esters is 1. The summed E-state index contributed by atoms with van der Waals surface area (Å²) in [4.78, 5) is 37.0. The molecular weight excluding hydrogens is 384 g/mol. The average Bonchev–Trinajstić information content (AvgIpc) is 2.70. The summed E-state index contributed by atoms with van der Waals surface area (Å²) in [7, 11) is 1.55. The minimum atomic E-state index is -0.886. The first-order valence-electron chi connectivity index (χ1n) is 10.8. The van der Waals surface area contributed by atoms with Gasteiger partial charge in [0.15, 0.2) is 6.10 Å².